The van der Waals surface area contributed by atoms with Gasteiger partial charge in [-0.05, 0) is 59.4 Å². The van der Waals surface area contributed by atoms with E-state index in [0.717, 1.165) is 24.0 Å². The van der Waals surface area contributed by atoms with Gasteiger partial charge in [0, 0.05) is 0 Å². The summed E-state index contributed by atoms with van der Waals surface area (Å²) in [5.74, 6) is 0.568. The third-order valence-electron chi connectivity index (χ3n) is 3.67. The van der Waals surface area contributed by atoms with Crippen molar-refractivity contribution in [2.45, 2.75) is 26.7 Å². The molecule has 29 heavy (non-hydrogen) atoms. The first-order valence-corrected chi connectivity index (χ1v) is 11.0. The van der Waals surface area contributed by atoms with Crippen LogP contribution in [0, 0.1) is 0 Å². The SMILES string of the molecule is CC/C(=C(/CC)c1ccc(O)cc1)c1ccc(O)cc1.O=S(=O)([O-])OS(=O)(=O)[O-]. The Morgan fingerprint density at radius 2 is 1.00 bits per heavy atom. The van der Waals surface area contributed by atoms with Gasteiger partial charge >= 0.3 is 0 Å². The summed E-state index contributed by atoms with van der Waals surface area (Å²) in [6.45, 7) is 4.27. The molecule has 0 aliphatic rings. The van der Waals surface area contributed by atoms with E-state index in [4.69, 9.17) is 0 Å². The summed E-state index contributed by atoms with van der Waals surface area (Å²) in [4.78, 5) is 0. The largest absolute Gasteiger partial charge is 0.725 e. The molecule has 160 valence electrons. The van der Waals surface area contributed by atoms with Crippen molar-refractivity contribution >= 4 is 31.9 Å². The van der Waals surface area contributed by atoms with Crippen LogP contribution in [0.5, 0.6) is 11.5 Å². The van der Waals surface area contributed by atoms with Gasteiger partial charge in [-0.1, -0.05) is 38.1 Å². The predicted octanol–water partition coefficient (Wildman–Crippen LogP) is 2.75. The molecule has 0 unspecified atom stereocenters. The Balaban J connectivity index is 0.000000396. The molecule has 0 aliphatic heterocycles. The molecule has 2 rings (SSSR count). The Morgan fingerprint density at radius 3 is 1.17 bits per heavy atom. The molecule has 0 amide bonds. The molecule has 9 nitrogen and oxygen atoms in total. The molecule has 0 radical (unpaired) electrons. The van der Waals surface area contributed by atoms with Crippen molar-refractivity contribution in [1.29, 1.82) is 0 Å². The van der Waals surface area contributed by atoms with Crippen LogP contribution in [0.2, 0.25) is 0 Å². The van der Waals surface area contributed by atoms with Crippen LogP contribution in [-0.2, 0) is 24.4 Å². The van der Waals surface area contributed by atoms with Crippen LogP contribution in [0.3, 0.4) is 0 Å². The number of rotatable bonds is 6. The van der Waals surface area contributed by atoms with E-state index in [1.165, 1.54) is 11.1 Å². The third kappa shape index (κ3) is 9.07. The van der Waals surface area contributed by atoms with Gasteiger partial charge in [-0.15, -0.1) is 0 Å². The average molecular weight is 444 g/mol. The monoisotopic (exact) mass is 444 g/mol. The maximum absolute atomic E-state index is 9.41. The second-order valence-electron chi connectivity index (χ2n) is 5.64. The second kappa shape index (κ2) is 10.4. The smallest absolute Gasteiger partial charge is 0.231 e. The van der Waals surface area contributed by atoms with E-state index in [2.05, 4.69) is 17.5 Å². The lowest BCUT2D eigenvalue weighted by Crippen LogP contribution is -2.11. The standard InChI is InChI=1S/C18H20O2.H2O7S2/c1-3-17(13-5-9-15(19)10-6-13)18(4-2)14-7-11-16(20)12-8-14;1-8(2,3)7-9(4,5)6/h5-12,19-20H,3-4H2,1-2H3;(H,1,2,3)(H,4,5,6)/p-2/b18-17+;. The molecule has 0 saturated carbocycles. The van der Waals surface area contributed by atoms with Gasteiger partial charge < -0.3 is 19.3 Å². The summed E-state index contributed by atoms with van der Waals surface area (Å²) in [6.07, 6.45) is 1.85. The van der Waals surface area contributed by atoms with E-state index in [9.17, 15) is 36.2 Å². The summed E-state index contributed by atoms with van der Waals surface area (Å²) >= 11 is 0. The molecule has 0 saturated heterocycles. The Kier molecular flexibility index (Phi) is 8.80. The zero-order valence-corrected chi connectivity index (χ0v) is 17.2. The number of benzene rings is 2. The minimum absolute atomic E-state index is 0.284. The maximum atomic E-state index is 9.41. The van der Waals surface area contributed by atoms with Crippen molar-refractivity contribution in [3.8, 4) is 11.5 Å². The topological polar surface area (TPSA) is 164 Å². The normalized spacial score (nSPS) is 12.6. The Bertz CT molecular complexity index is 952. The first kappa shape index (κ1) is 24.6. The van der Waals surface area contributed by atoms with Gasteiger partial charge in [-0.2, -0.15) is 3.63 Å². The predicted molar refractivity (Wildman–Crippen MR) is 104 cm³/mol. The third-order valence-corrected chi connectivity index (χ3v) is 5.00. The number of hydrogen-bond donors (Lipinski definition) is 2. The molecule has 0 aliphatic carbocycles. The van der Waals surface area contributed by atoms with E-state index in [0.29, 0.717) is 0 Å². The molecular formula is C18H20O9S2-2. The van der Waals surface area contributed by atoms with Gasteiger partial charge in [0.25, 0.3) is 0 Å². The number of phenolic OH excluding ortho intramolecular Hbond substituents is 2. The molecule has 0 bridgehead atoms. The van der Waals surface area contributed by atoms with E-state index in [1.54, 1.807) is 24.3 Å². The summed E-state index contributed by atoms with van der Waals surface area (Å²) < 4.78 is 58.2. The van der Waals surface area contributed by atoms with Crippen LogP contribution >= 0.6 is 0 Å². The summed E-state index contributed by atoms with van der Waals surface area (Å²) in [5.41, 5.74) is 4.82. The summed E-state index contributed by atoms with van der Waals surface area (Å²) in [7, 11) is -10.9. The molecule has 2 N–H and O–H groups in total. The van der Waals surface area contributed by atoms with Crippen LogP contribution in [0.4, 0.5) is 0 Å². The highest BCUT2D eigenvalue weighted by atomic mass is 32.3. The van der Waals surface area contributed by atoms with Crippen LogP contribution < -0.4 is 0 Å². The van der Waals surface area contributed by atoms with E-state index >= 15 is 0 Å². The minimum atomic E-state index is -5.43. The molecule has 2 aromatic carbocycles. The molecule has 11 heteroatoms. The quantitative estimate of drug-likeness (QED) is 0.387. The second-order valence-corrected chi connectivity index (χ2v) is 7.82. The Labute approximate surface area is 169 Å². The first-order chi connectivity index (χ1) is 13.4. The van der Waals surface area contributed by atoms with Gasteiger partial charge in [0.15, 0.2) is 0 Å². The molecule has 0 aromatic heterocycles. The first-order valence-electron chi connectivity index (χ1n) is 8.29. The highest BCUT2D eigenvalue weighted by Crippen LogP contribution is 2.32. The summed E-state index contributed by atoms with van der Waals surface area (Å²) in [6, 6.07) is 14.7. The van der Waals surface area contributed by atoms with Crippen molar-refractivity contribution in [2.24, 2.45) is 0 Å². The maximum Gasteiger partial charge on any atom is 0.231 e. The van der Waals surface area contributed by atoms with Gasteiger partial charge in [-0.3, -0.25) is 0 Å². The fourth-order valence-electron chi connectivity index (χ4n) is 2.61. The zero-order chi connectivity index (χ0) is 22.2. The van der Waals surface area contributed by atoms with E-state index in [1.807, 2.05) is 24.3 Å². The fraction of sp³-hybridized carbons (Fsp3) is 0.222. The van der Waals surface area contributed by atoms with Crippen molar-refractivity contribution in [2.75, 3.05) is 0 Å². The number of hydrogen-bond acceptors (Lipinski definition) is 9. The van der Waals surface area contributed by atoms with Crippen LogP contribution in [0.15, 0.2) is 48.5 Å². The van der Waals surface area contributed by atoms with Crippen LogP contribution in [-0.4, -0.2) is 36.2 Å². The number of phenols is 2. The van der Waals surface area contributed by atoms with Crippen molar-refractivity contribution in [3.63, 3.8) is 0 Å². The van der Waals surface area contributed by atoms with Gasteiger partial charge in [-0.25, -0.2) is 16.8 Å². The van der Waals surface area contributed by atoms with Crippen molar-refractivity contribution < 1.29 is 39.8 Å². The lowest BCUT2D eigenvalue weighted by molar-refractivity contribution is 0.329. The Morgan fingerprint density at radius 1 is 0.724 bits per heavy atom. The fourth-order valence-corrected chi connectivity index (χ4v) is 3.43. The van der Waals surface area contributed by atoms with Gasteiger partial charge in [0.1, 0.15) is 11.5 Å². The van der Waals surface area contributed by atoms with Gasteiger partial charge in [0.2, 0.25) is 20.8 Å². The Hall–Kier alpha value is -2.44. The number of aromatic hydroxyl groups is 2. The molecule has 0 heterocycles. The number of allylic oxidation sites excluding steroid dienone is 2. The lowest BCUT2D eigenvalue weighted by Gasteiger charge is -2.14. The summed E-state index contributed by atoms with van der Waals surface area (Å²) in [5, 5.41) is 18.8. The van der Waals surface area contributed by atoms with E-state index in [-0.39, 0.29) is 11.5 Å². The van der Waals surface area contributed by atoms with Crippen molar-refractivity contribution in [3.05, 3.63) is 59.7 Å². The van der Waals surface area contributed by atoms with Crippen molar-refractivity contribution in [1.82, 2.24) is 0 Å². The molecule has 0 spiro atoms. The van der Waals surface area contributed by atoms with Gasteiger partial charge in [0.05, 0.1) is 0 Å². The van der Waals surface area contributed by atoms with Crippen LogP contribution in [0.1, 0.15) is 37.8 Å². The lowest BCUT2D eigenvalue weighted by atomic mass is 9.91. The molecule has 2 aromatic rings. The van der Waals surface area contributed by atoms with E-state index < -0.39 is 20.8 Å². The zero-order valence-electron chi connectivity index (χ0n) is 15.6. The molecular weight excluding hydrogens is 424 g/mol. The highest BCUT2D eigenvalue weighted by molar-refractivity contribution is 7.94. The average Bonchev–Trinajstić information content (AvgIpc) is 2.59. The molecule has 0 atom stereocenters. The molecule has 0 fully saturated rings. The van der Waals surface area contributed by atoms with Crippen LogP contribution in [0.25, 0.3) is 11.1 Å². The highest BCUT2D eigenvalue weighted by Gasteiger charge is 2.09. The minimum Gasteiger partial charge on any atom is -0.725 e.